The van der Waals surface area contributed by atoms with Crippen molar-refractivity contribution in [1.82, 2.24) is 25.5 Å². The Hall–Kier alpha value is -2.93. The molecular weight excluding hydrogens is 330 g/mol. The van der Waals surface area contributed by atoms with Crippen molar-refractivity contribution in [2.75, 3.05) is 7.11 Å². The number of tetrazole rings is 1. The highest BCUT2D eigenvalue weighted by Gasteiger charge is 2.15. The third-order valence-electron chi connectivity index (χ3n) is 3.43. The zero-order valence-electron chi connectivity index (χ0n) is 12.8. The SMILES string of the molecule is COc1ccccc1CNC(=O)c1ccc(Cl)cc1-n1cnnn1. The highest BCUT2D eigenvalue weighted by Crippen LogP contribution is 2.20. The normalized spacial score (nSPS) is 10.4. The van der Waals surface area contributed by atoms with Gasteiger partial charge in [-0.2, -0.15) is 4.68 Å². The van der Waals surface area contributed by atoms with Gasteiger partial charge in [-0.3, -0.25) is 4.79 Å². The van der Waals surface area contributed by atoms with Gasteiger partial charge in [0.05, 0.1) is 18.4 Å². The summed E-state index contributed by atoms with van der Waals surface area (Å²) in [7, 11) is 1.59. The lowest BCUT2D eigenvalue weighted by molar-refractivity contribution is 0.0950. The van der Waals surface area contributed by atoms with Crippen LogP contribution >= 0.6 is 11.6 Å². The number of aromatic nitrogens is 4. The van der Waals surface area contributed by atoms with Crippen LogP contribution in [0.25, 0.3) is 5.69 Å². The van der Waals surface area contributed by atoms with Gasteiger partial charge in [0.2, 0.25) is 0 Å². The third kappa shape index (κ3) is 3.36. The molecule has 122 valence electrons. The van der Waals surface area contributed by atoms with E-state index >= 15 is 0 Å². The quantitative estimate of drug-likeness (QED) is 0.768. The minimum absolute atomic E-state index is 0.261. The molecule has 0 aliphatic rings. The van der Waals surface area contributed by atoms with Gasteiger partial charge in [-0.05, 0) is 34.7 Å². The number of para-hydroxylation sites is 1. The summed E-state index contributed by atoms with van der Waals surface area (Å²) in [5.41, 5.74) is 1.80. The number of carbonyl (C=O) groups excluding carboxylic acids is 1. The Morgan fingerprint density at radius 3 is 2.88 bits per heavy atom. The van der Waals surface area contributed by atoms with Crippen LogP contribution in [0.5, 0.6) is 5.75 Å². The number of methoxy groups -OCH3 is 1. The maximum absolute atomic E-state index is 12.6. The van der Waals surface area contributed by atoms with Crippen molar-refractivity contribution in [3.63, 3.8) is 0 Å². The second-order valence-electron chi connectivity index (χ2n) is 4.91. The molecule has 3 rings (SSSR count). The molecule has 7 nitrogen and oxygen atoms in total. The van der Waals surface area contributed by atoms with E-state index in [0.29, 0.717) is 22.8 Å². The minimum Gasteiger partial charge on any atom is -0.496 e. The fraction of sp³-hybridized carbons (Fsp3) is 0.125. The van der Waals surface area contributed by atoms with Crippen LogP contribution in [0.3, 0.4) is 0 Å². The highest BCUT2D eigenvalue weighted by atomic mass is 35.5. The lowest BCUT2D eigenvalue weighted by Gasteiger charge is -2.12. The number of amides is 1. The number of carbonyl (C=O) groups is 1. The molecule has 24 heavy (non-hydrogen) atoms. The van der Waals surface area contributed by atoms with E-state index in [9.17, 15) is 4.79 Å². The van der Waals surface area contributed by atoms with E-state index in [4.69, 9.17) is 16.3 Å². The third-order valence-corrected chi connectivity index (χ3v) is 3.67. The fourth-order valence-electron chi connectivity index (χ4n) is 2.28. The maximum atomic E-state index is 12.6. The van der Waals surface area contributed by atoms with Crippen LogP contribution in [0.4, 0.5) is 0 Å². The van der Waals surface area contributed by atoms with Gasteiger partial charge in [0.1, 0.15) is 12.1 Å². The molecule has 8 heteroatoms. The number of halogens is 1. The second-order valence-corrected chi connectivity index (χ2v) is 5.35. The van der Waals surface area contributed by atoms with Crippen LogP contribution in [0.15, 0.2) is 48.8 Å². The van der Waals surface area contributed by atoms with Gasteiger partial charge >= 0.3 is 0 Å². The molecule has 2 aromatic carbocycles. The van der Waals surface area contributed by atoms with Gasteiger partial charge in [-0.1, -0.05) is 29.8 Å². The summed E-state index contributed by atoms with van der Waals surface area (Å²) in [6.07, 6.45) is 1.41. The predicted molar refractivity (Wildman–Crippen MR) is 88.3 cm³/mol. The zero-order valence-corrected chi connectivity index (χ0v) is 13.6. The van der Waals surface area contributed by atoms with Crippen LogP contribution in [0.1, 0.15) is 15.9 Å². The van der Waals surface area contributed by atoms with E-state index < -0.39 is 0 Å². The summed E-state index contributed by atoms with van der Waals surface area (Å²) >= 11 is 6.02. The Labute approximate surface area is 143 Å². The average molecular weight is 344 g/mol. The van der Waals surface area contributed by atoms with Crippen LogP contribution < -0.4 is 10.1 Å². The van der Waals surface area contributed by atoms with Crippen molar-refractivity contribution in [3.05, 3.63) is 64.9 Å². The van der Waals surface area contributed by atoms with E-state index in [1.165, 1.54) is 11.0 Å². The maximum Gasteiger partial charge on any atom is 0.253 e. The van der Waals surface area contributed by atoms with Crippen molar-refractivity contribution >= 4 is 17.5 Å². The van der Waals surface area contributed by atoms with Gasteiger partial charge < -0.3 is 10.1 Å². The molecule has 0 saturated heterocycles. The molecule has 0 unspecified atom stereocenters. The molecular formula is C16H14ClN5O2. The standard InChI is InChI=1S/C16H14ClN5O2/c1-24-15-5-3-2-4-11(15)9-18-16(23)13-7-6-12(17)8-14(13)22-10-19-20-21-22/h2-8,10H,9H2,1H3,(H,18,23). The first-order chi connectivity index (χ1) is 11.7. The van der Waals surface area contributed by atoms with Crippen LogP contribution in [0.2, 0.25) is 5.02 Å². The predicted octanol–water partition coefficient (Wildman–Crippen LogP) is 2.25. The molecule has 0 aliphatic heterocycles. The summed E-state index contributed by atoms with van der Waals surface area (Å²) in [5.74, 6) is 0.456. The average Bonchev–Trinajstić information content (AvgIpc) is 3.14. The first-order valence-electron chi connectivity index (χ1n) is 7.12. The lowest BCUT2D eigenvalue weighted by Crippen LogP contribution is -2.24. The largest absolute Gasteiger partial charge is 0.496 e. The van der Waals surface area contributed by atoms with Gasteiger partial charge in [0.15, 0.2) is 0 Å². The first-order valence-corrected chi connectivity index (χ1v) is 7.50. The summed E-state index contributed by atoms with van der Waals surface area (Å²) < 4.78 is 6.68. The first kappa shape index (κ1) is 15.9. The number of nitrogens with zero attached hydrogens (tertiary/aromatic N) is 4. The van der Waals surface area contributed by atoms with Crippen molar-refractivity contribution in [2.45, 2.75) is 6.54 Å². The molecule has 0 spiro atoms. The van der Waals surface area contributed by atoms with Gasteiger partial charge in [-0.15, -0.1) is 5.10 Å². The van der Waals surface area contributed by atoms with Gasteiger partial charge in [0.25, 0.3) is 5.91 Å². The van der Waals surface area contributed by atoms with E-state index in [-0.39, 0.29) is 5.91 Å². The summed E-state index contributed by atoms with van der Waals surface area (Å²) in [5, 5.41) is 14.3. The van der Waals surface area contributed by atoms with E-state index in [1.807, 2.05) is 24.3 Å². The van der Waals surface area contributed by atoms with Crippen LogP contribution in [-0.4, -0.2) is 33.2 Å². The molecule has 1 heterocycles. The molecule has 3 aromatic rings. The number of ether oxygens (including phenoxy) is 1. The number of benzene rings is 2. The van der Waals surface area contributed by atoms with Crippen LogP contribution in [-0.2, 0) is 6.54 Å². The smallest absolute Gasteiger partial charge is 0.253 e. The number of hydrogen-bond acceptors (Lipinski definition) is 5. The number of rotatable bonds is 5. The Balaban J connectivity index is 1.83. The molecule has 1 N–H and O–H groups in total. The summed E-state index contributed by atoms with van der Waals surface area (Å²) in [6.45, 7) is 0.334. The zero-order chi connectivity index (χ0) is 16.9. The highest BCUT2D eigenvalue weighted by molar-refractivity contribution is 6.31. The Morgan fingerprint density at radius 2 is 2.12 bits per heavy atom. The van der Waals surface area contributed by atoms with Crippen molar-refractivity contribution in [2.24, 2.45) is 0 Å². The molecule has 0 radical (unpaired) electrons. The fourth-order valence-corrected chi connectivity index (χ4v) is 2.44. The molecule has 0 bridgehead atoms. The molecule has 0 fully saturated rings. The minimum atomic E-state index is -0.261. The summed E-state index contributed by atoms with van der Waals surface area (Å²) in [6, 6.07) is 12.4. The van der Waals surface area contributed by atoms with E-state index in [1.54, 1.807) is 25.3 Å². The summed E-state index contributed by atoms with van der Waals surface area (Å²) in [4.78, 5) is 12.6. The second kappa shape index (κ2) is 7.10. The molecule has 1 amide bonds. The Morgan fingerprint density at radius 1 is 1.29 bits per heavy atom. The monoisotopic (exact) mass is 343 g/mol. The Kier molecular flexibility index (Phi) is 4.72. The van der Waals surface area contributed by atoms with E-state index in [2.05, 4.69) is 20.8 Å². The van der Waals surface area contributed by atoms with Crippen molar-refractivity contribution in [3.8, 4) is 11.4 Å². The van der Waals surface area contributed by atoms with E-state index in [0.717, 1.165) is 11.3 Å². The van der Waals surface area contributed by atoms with Gasteiger partial charge in [0, 0.05) is 17.1 Å². The molecule has 0 atom stereocenters. The lowest BCUT2D eigenvalue weighted by atomic mass is 10.1. The van der Waals surface area contributed by atoms with Crippen LogP contribution in [0, 0.1) is 0 Å². The molecule has 0 aliphatic carbocycles. The number of hydrogen-bond donors (Lipinski definition) is 1. The molecule has 0 saturated carbocycles. The van der Waals surface area contributed by atoms with Crippen molar-refractivity contribution in [1.29, 1.82) is 0 Å². The van der Waals surface area contributed by atoms with Crippen molar-refractivity contribution < 1.29 is 9.53 Å². The van der Waals surface area contributed by atoms with Gasteiger partial charge in [-0.25, -0.2) is 0 Å². The Bertz CT molecular complexity index is 851. The topological polar surface area (TPSA) is 81.9 Å². The number of nitrogens with one attached hydrogen (secondary N) is 1. The molecule has 1 aromatic heterocycles.